The van der Waals surface area contributed by atoms with E-state index in [1.807, 2.05) is 0 Å². The predicted octanol–water partition coefficient (Wildman–Crippen LogP) is 6.25. The van der Waals surface area contributed by atoms with Gasteiger partial charge in [-0.1, -0.05) is 0 Å². The number of aliphatic hydroxyl groups excluding tert-OH is 1. The second-order valence-corrected chi connectivity index (χ2v) is 10.1. The zero-order valence-electron chi connectivity index (χ0n) is 22.8. The number of carbonyl (C=O) groups excluding carboxylic acids is 2. The molecule has 5 rings (SSSR count). The first-order chi connectivity index (χ1) is 20.1. The summed E-state index contributed by atoms with van der Waals surface area (Å²) in [6.45, 7) is 1.42. The second kappa shape index (κ2) is 12.0. The number of carbonyl (C=O) groups is 2. The summed E-state index contributed by atoms with van der Waals surface area (Å²) < 4.78 is 43.6. The summed E-state index contributed by atoms with van der Waals surface area (Å²) in [6.07, 6.45) is -1.89. The maximum Gasteiger partial charge on any atom is 0.418 e. The number of hydrogen-bond donors (Lipinski definition) is 4. The number of piperidine rings is 1. The minimum atomic E-state index is -4.68. The van der Waals surface area contributed by atoms with E-state index in [1.165, 1.54) is 12.1 Å². The quantitative estimate of drug-likeness (QED) is 0.208. The van der Waals surface area contributed by atoms with Crippen LogP contribution < -0.4 is 20.9 Å². The Morgan fingerprint density at radius 2 is 1.45 bits per heavy atom. The number of amides is 2. The van der Waals surface area contributed by atoms with Crippen molar-refractivity contribution in [1.82, 2.24) is 4.57 Å². The van der Waals surface area contributed by atoms with Gasteiger partial charge in [0.2, 0.25) is 0 Å². The van der Waals surface area contributed by atoms with Gasteiger partial charge >= 0.3 is 6.18 Å². The fourth-order valence-corrected chi connectivity index (χ4v) is 4.80. The zero-order chi connectivity index (χ0) is 29.9. The highest BCUT2D eigenvalue weighted by Gasteiger charge is 2.34. The van der Waals surface area contributed by atoms with Gasteiger partial charge < -0.3 is 30.5 Å². The Bertz CT molecular complexity index is 1560. The topological polar surface area (TPSA) is 98.6 Å². The molecule has 8 nitrogen and oxygen atoms in total. The molecule has 4 N–H and O–H groups in total. The van der Waals surface area contributed by atoms with Gasteiger partial charge in [-0.2, -0.15) is 13.2 Å². The third-order valence-corrected chi connectivity index (χ3v) is 7.14. The average Bonchev–Trinajstić information content (AvgIpc) is 3.41. The van der Waals surface area contributed by atoms with E-state index in [-0.39, 0.29) is 23.4 Å². The van der Waals surface area contributed by atoms with Gasteiger partial charge in [-0.05, 0) is 91.7 Å². The molecule has 3 aromatic carbocycles. The zero-order valence-corrected chi connectivity index (χ0v) is 22.8. The van der Waals surface area contributed by atoms with Crippen molar-refractivity contribution >= 4 is 40.3 Å². The van der Waals surface area contributed by atoms with Crippen LogP contribution in [-0.2, 0) is 13.2 Å². The van der Waals surface area contributed by atoms with Crippen LogP contribution in [0.5, 0.6) is 0 Å². The fraction of sp³-hybridized carbons (Fsp3) is 0.226. The normalized spacial score (nSPS) is 14.0. The van der Waals surface area contributed by atoms with Crippen LogP contribution in [0.4, 0.5) is 41.6 Å². The third-order valence-electron chi connectivity index (χ3n) is 7.14. The van der Waals surface area contributed by atoms with E-state index < -0.39 is 17.6 Å². The Morgan fingerprint density at radius 3 is 2.07 bits per heavy atom. The summed E-state index contributed by atoms with van der Waals surface area (Å²) in [7, 11) is 1.75. The van der Waals surface area contributed by atoms with E-state index >= 15 is 0 Å². The van der Waals surface area contributed by atoms with Gasteiger partial charge in [0.25, 0.3) is 11.8 Å². The van der Waals surface area contributed by atoms with E-state index in [0.29, 0.717) is 48.6 Å². The summed E-state index contributed by atoms with van der Waals surface area (Å²) in [6, 6.07) is 20.1. The molecule has 1 aliphatic heterocycles. The van der Waals surface area contributed by atoms with Crippen molar-refractivity contribution in [2.45, 2.75) is 25.1 Å². The highest BCUT2D eigenvalue weighted by atomic mass is 19.4. The summed E-state index contributed by atoms with van der Waals surface area (Å²) in [5.74, 6) is -0.837. The highest BCUT2D eigenvalue weighted by Crippen LogP contribution is 2.38. The summed E-state index contributed by atoms with van der Waals surface area (Å²) in [4.78, 5) is 27.3. The number of hydrogen-bond acceptors (Lipinski definition) is 5. The molecular weight excluding hydrogens is 547 g/mol. The number of benzene rings is 3. The number of rotatable bonds is 7. The lowest BCUT2D eigenvalue weighted by atomic mass is 10.1. The molecular formula is C31H30F3N5O3. The van der Waals surface area contributed by atoms with Crippen LogP contribution in [0.25, 0.3) is 0 Å². The Morgan fingerprint density at radius 1 is 0.833 bits per heavy atom. The molecule has 42 heavy (non-hydrogen) atoms. The lowest BCUT2D eigenvalue weighted by molar-refractivity contribution is -0.136. The molecule has 4 aromatic rings. The van der Waals surface area contributed by atoms with Crippen LogP contribution in [0.15, 0.2) is 85.1 Å². The van der Waals surface area contributed by atoms with Gasteiger partial charge in [0.1, 0.15) is 5.69 Å². The first-order valence-corrected chi connectivity index (χ1v) is 13.4. The van der Waals surface area contributed by atoms with Gasteiger partial charge in [-0.25, -0.2) is 0 Å². The van der Waals surface area contributed by atoms with Crippen LogP contribution in [-0.4, -0.2) is 40.7 Å². The van der Waals surface area contributed by atoms with E-state index in [2.05, 4.69) is 20.9 Å². The maximum absolute atomic E-state index is 14.0. The maximum atomic E-state index is 14.0. The van der Waals surface area contributed by atoms with Crippen LogP contribution >= 0.6 is 0 Å². The van der Waals surface area contributed by atoms with Gasteiger partial charge in [0.15, 0.2) is 0 Å². The van der Waals surface area contributed by atoms with Crippen molar-refractivity contribution in [1.29, 1.82) is 0 Å². The molecule has 0 spiro atoms. The van der Waals surface area contributed by atoms with E-state index in [4.69, 9.17) is 0 Å². The summed E-state index contributed by atoms with van der Waals surface area (Å²) in [5, 5.41) is 17.8. The van der Waals surface area contributed by atoms with Crippen molar-refractivity contribution in [3.8, 4) is 0 Å². The molecule has 0 bridgehead atoms. The molecule has 0 atom stereocenters. The lowest BCUT2D eigenvalue weighted by Crippen LogP contribution is -2.35. The number of aryl methyl sites for hydroxylation is 1. The number of alkyl halides is 3. The van der Waals surface area contributed by atoms with E-state index in [9.17, 15) is 27.9 Å². The van der Waals surface area contributed by atoms with Crippen molar-refractivity contribution in [2.24, 2.45) is 7.05 Å². The van der Waals surface area contributed by atoms with Gasteiger partial charge in [-0.3, -0.25) is 9.59 Å². The molecule has 1 fully saturated rings. The number of aromatic nitrogens is 1. The van der Waals surface area contributed by atoms with Crippen molar-refractivity contribution in [3.63, 3.8) is 0 Å². The first kappa shape index (κ1) is 28.7. The molecule has 11 heteroatoms. The number of aliphatic hydroxyl groups is 1. The van der Waals surface area contributed by atoms with Gasteiger partial charge in [-0.15, -0.1) is 0 Å². The van der Waals surface area contributed by atoms with Crippen LogP contribution in [0.3, 0.4) is 0 Å². The second-order valence-electron chi connectivity index (χ2n) is 10.1. The van der Waals surface area contributed by atoms with Crippen molar-refractivity contribution < 1.29 is 27.9 Å². The largest absolute Gasteiger partial charge is 0.418 e. The average molecular weight is 578 g/mol. The number of anilines is 5. The Hall–Kier alpha value is -4.77. The standard InChI is InChI=1S/C31H30F3N5O3/c1-38-16-2-3-28(38)30(42)36-22-8-6-21(7-9-22)35-27-13-10-23(19-26(27)31(32,33)34)37-29(41)20-4-11-24(12-5-20)39-17-14-25(40)15-18-39/h2-13,16,19,25,35,40H,14-15,17-18H2,1H3,(H,36,42)(H,37,41). The number of nitrogens with one attached hydrogen (secondary N) is 3. The molecule has 218 valence electrons. The fourth-order valence-electron chi connectivity index (χ4n) is 4.80. The molecule has 0 radical (unpaired) electrons. The van der Waals surface area contributed by atoms with E-state index in [0.717, 1.165) is 11.8 Å². The summed E-state index contributed by atoms with van der Waals surface area (Å²) in [5.41, 5.74) is 1.45. The van der Waals surface area contributed by atoms with Gasteiger partial charge in [0.05, 0.1) is 17.4 Å². The first-order valence-electron chi connectivity index (χ1n) is 13.4. The van der Waals surface area contributed by atoms with Crippen molar-refractivity contribution in [3.05, 3.63) is 102 Å². The minimum Gasteiger partial charge on any atom is -0.393 e. The van der Waals surface area contributed by atoms with E-state index in [1.54, 1.807) is 78.5 Å². The Kier molecular flexibility index (Phi) is 8.21. The smallest absolute Gasteiger partial charge is 0.393 e. The Labute approximate surface area is 240 Å². The molecule has 1 aliphatic rings. The highest BCUT2D eigenvalue weighted by molar-refractivity contribution is 6.05. The molecule has 0 saturated carbocycles. The SMILES string of the molecule is Cn1cccc1C(=O)Nc1ccc(Nc2ccc(NC(=O)c3ccc(N4CCC(O)CC4)cc3)cc2C(F)(F)F)cc1. The summed E-state index contributed by atoms with van der Waals surface area (Å²) >= 11 is 0. The van der Waals surface area contributed by atoms with Crippen LogP contribution in [0, 0.1) is 0 Å². The van der Waals surface area contributed by atoms with Crippen molar-refractivity contribution in [2.75, 3.05) is 33.9 Å². The molecule has 2 heterocycles. The number of nitrogens with zero attached hydrogens (tertiary/aromatic N) is 2. The van der Waals surface area contributed by atoms with Gasteiger partial charge in [0, 0.05) is 54.6 Å². The van der Waals surface area contributed by atoms with Crippen LogP contribution in [0.2, 0.25) is 0 Å². The predicted molar refractivity (Wildman–Crippen MR) is 156 cm³/mol. The Balaban J connectivity index is 1.25. The minimum absolute atomic E-state index is 0.00528. The molecule has 0 unspecified atom stereocenters. The molecule has 1 aromatic heterocycles. The third kappa shape index (κ3) is 6.74. The molecule has 0 aliphatic carbocycles. The molecule has 1 saturated heterocycles. The number of halogens is 3. The lowest BCUT2D eigenvalue weighted by Gasteiger charge is -2.31. The monoisotopic (exact) mass is 577 g/mol. The van der Waals surface area contributed by atoms with Crippen LogP contribution in [0.1, 0.15) is 39.3 Å². The molecule has 2 amide bonds.